The van der Waals surface area contributed by atoms with E-state index in [1.807, 2.05) is 0 Å². The number of hydrogen-bond acceptors (Lipinski definition) is 7. The molecule has 0 radical (unpaired) electrons. The monoisotopic (exact) mass is 454 g/mol. The van der Waals surface area contributed by atoms with E-state index >= 15 is 0 Å². The van der Waals surface area contributed by atoms with Crippen LogP contribution in [0.1, 0.15) is 13.8 Å². The van der Waals surface area contributed by atoms with Crippen molar-refractivity contribution in [3.63, 3.8) is 0 Å². The van der Waals surface area contributed by atoms with Crippen molar-refractivity contribution in [1.82, 2.24) is 10.0 Å². The summed E-state index contributed by atoms with van der Waals surface area (Å²) in [5.74, 6) is -2.24. The highest BCUT2D eigenvalue weighted by Crippen LogP contribution is 2.32. The molecule has 0 fully saturated rings. The standard InChI is InChI=1S/C17H21F3N2O7S/c1-10(2)15(16(24)29-8-14(23)21-9-17(18,19)20)22-30(25,26)11-3-4-12-13(7-11)28-6-5-27-12/h3-4,7,10,15,22H,5-6,8-9H2,1-2H3,(H,21,23)/t15-/m1/s1. The van der Waals surface area contributed by atoms with Crippen molar-refractivity contribution >= 4 is 21.9 Å². The summed E-state index contributed by atoms with van der Waals surface area (Å²) in [5.41, 5.74) is 0. The molecule has 0 bridgehead atoms. The Hall–Kier alpha value is -2.54. The lowest BCUT2D eigenvalue weighted by molar-refractivity contribution is -0.153. The fourth-order valence-electron chi connectivity index (χ4n) is 2.36. The van der Waals surface area contributed by atoms with Gasteiger partial charge in [-0.15, -0.1) is 0 Å². The van der Waals surface area contributed by atoms with Crippen molar-refractivity contribution in [3.8, 4) is 11.5 Å². The van der Waals surface area contributed by atoms with Gasteiger partial charge in [-0.25, -0.2) is 8.42 Å². The summed E-state index contributed by atoms with van der Waals surface area (Å²) in [4.78, 5) is 23.4. The average Bonchev–Trinajstić information content (AvgIpc) is 2.67. The summed E-state index contributed by atoms with van der Waals surface area (Å²) < 4.78 is 79.1. The van der Waals surface area contributed by atoms with E-state index in [4.69, 9.17) is 9.47 Å². The number of nitrogens with one attached hydrogen (secondary N) is 2. The quantitative estimate of drug-likeness (QED) is 0.562. The zero-order valence-electron chi connectivity index (χ0n) is 16.1. The second kappa shape index (κ2) is 9.51. The number of fused-ring (bicyclic) bond motifs is 1. The van der Waals surface area contributed by atoms with Crippen molar-refractivity contribution in [2.75, 3.05) is 26.4 Å². The topological polar surface area (TPSA) is 120 Å². The predicted octanol–water partition coefficient (Wildman–Crippen LogP) is 0.982. The molecule has 0 spiro atoms. The Balaban J connectivity index is 2.03. The van der Waals surface area contributed by atoms with Gasteiger partial charge < -0.3 is 19.5 Å². The second-order valence-corrected chi connectivity index (χ2v) is 8.36. The number of alkyl halides is 3. The van der Waals surface area contributed by atoms with Crippen LogP contribution in [0.15, 0.2) is 23.1 Å². The third-order valence-electron chi connectivity index (χ3n) is 3.86. The molecule has 1 atom stereocenters. The Labute approximate surface area is 170 Å². The Bertz CT molecular complexity index is 888. The first-order valence-corrected chi connectivity index (χ1v) is 10.3. The summed E-state index contributed by atoms with van der Waals surface area (Å²) in [7, 11) is -4.19. The van der Waals surface area contributed by atoms with Gasteiger partial charge in [0.2, 0.25) is 10.0 Å². The minimum absolute atomic E-state index is 0.187. The smallest absolute Gasteiger partial charge is 0.405 e. The number of amides is 1. The third kappa shape index (κ3) is 6.76. The first-order valence-electron chi connectivity index (χ1n) is 8.81. The van der Waals surface area contributed by atoms with Crippen LogP contribution in [-0.2, 0) is 24.3 Å². The van der Waals surface area contributed by atoms with Crippen LogP contribution in [0.2, 0.25) is 0 Å². The first-order chi connectivity index (χ1) is 13.9. The minimum Gasteiger partial charge on any atom is -0.486 e. The number of halogens is 3. The highest BCUT2D eigenvalue weighted by atomic mass is 32.2. The molecule has 0 aromatic heterocycles. The van der Waals surface area contributed by atoms with Crippen LogP contribution in [0.5, 0.6) is 11.5 Å². The summed E-state index contributed by atoms with van der Waals surface area (Å²) in [5, 5.41) is 1.54. The normalized spacial score (nSPS) is 14.9. The molecular weight excluding hydrogens is 433 g/mol. The van der Waals surface area contributed by atoms with Gasteiger partial charge in [0, 0.05) is 6.07 Å². The lowest BCUT2D eigenvalue weighted by atomic mass is 10.1. The summed E-state index contributed by atoms with van der Waals surface area (Å²) in [6.07, 6.45) is -4.61. The van der Waals surface area contributed by atoms with Gasteiger partial charge in [0.1, 0.15) is 25.8 Å². The van der Waals surface area contributed by atoms with E-state index in [2.05, 4.69) is 9.46 Å². The number of hydrogen-bond donors (Lipinski definition) is 2. The van der Waals surface area contributed by atoms with Crippen molar-refractivity contribution in [3.05, 3.63) is 18.2 Å². The number of carbonyl (C=O) groups excluding carboxylic acids is 2. The molecule has 1 aliphatic heterocycles. The van der Waals surface area contributed by atoms with Gasteiger partial charge >= 0.3 is 12.1 Å². The van der Waals surface area contributed by atoms with E-state index in [1.54, 1.807) is 5.32 Å². The Morgan fingerprint density at radius 1 is 1.17 bits per heavy atom. The van der Waals surface area contributed by atoms with Crippen LogP contribution in [-0.4, -0.2) is 58.9 Å². The molecule has 0 aliphatic carbocycles. The van der Waals surface area contributed by atoms with Gasteiger partial charge in [0.25, 0.3) is 5.91 Å². The molecule has 168 valence electrons. The van der Waals surface area contributed by atoms with E-state index in [9.17, 15) is 31.2 Å². The van der Waals surface area contributed by atoms with Gasteiger partial charge in [-0.2, -0.15) is 17.9 Å². The highest BCUT2D eigenvalue weighted by Gasteiger charge is 2.32. The maximum absolute atomic E-state index is 12.7. The van der Waals surface area contributed by atoms with E-state index < -0.39 is 53.2 Å². The van der Waals surface area contributed by atoms with Crippen LogP contribution in [0.3, 0.4) is 0 Å². The predicted molar refractivity (Wildman–Crippen MR) is 96.4 cm³/mol. The van der Waals surface area contributed by atoms with Crippen LogP contribution in [0, 0.1) is 5.92 Å². The van der Waals surface area contributed by atoms with Crippen LogP contribution in [0.25, 0.3) is 0 Å². The van der Waals surface area contributed by atoms with E-state index in [0.717, 1.165) is 0 Å². The molecule has 2 rings (SSSR count). The number of carbonyl (C=O) groups is 2. The molecule has 9 nitrogen and oxygen atoms in total. The number of sulfonamides is 1. The Kier molecular flexibility index (Phi) is 7.53. The van der Waals surface area contributed by atoms with E-state index in [-0.39, 0.29) is 17.3 Å². The summed E-state index contributed by atoms with van der Waals surface area (Å²) in [6.45, 7) is 1.08. The molecule has 1 aromatic rings. The maximum Gasteiger partial charge on any atom is 0.405 e. The Morgan fingerprint density at radius 2 is 1.80 bits per heavy atom. The highest BCUT2D eigenvalue weighted by molar-refractivity contribution is 7.89. The summed E-state index contributed by atoms with van der Waals surface area (Å²) in [6, 6.07) is 2.54. The van der Waals surface area contributed by atoms with Gasteiger partial charge in [0.05, 0.1) is 4.90 Å². The van der Waals surface area contributed by atoms with Crippen LogP contribution < -0.4 is 19.5 Å². The molecule has 1 amide bonds. The van der Waals surface area contributed by atoms with Gasteiger partial charge in [-0.05, 0) is 18.1 Å². The minimum atomic E-state index is -4.61. The van der Waals surface area contributed by atoms with Crippen LogP contribution >= 0.6 is 0 Å². The number of esters is 1. The zero-order valence-corrected chi connectivity index (χ0v) is 16.9. The zero-order chi connectivity index (χ0) is 22.5. The largest absolute Gasteiger partial charge is 0.486 e. The number of ether oxygens (including phenoxy) is 3. The fourth-order valence-corrected chi connectivity index (χ4v) is 3.71. The molecule has 0 saturated carbocycles. The molecule has 1 aliphatic rings. The maximum atomic E-state index is 12.7. The molecule has 2 N–H and O–H groups in total. The van der Waals surface area contributed by atoms with Crippen molar-refractivity contribution in [1.29, 1.82) is 0 Å². The lowest BCUT2D eigenvalue weighted by Gasteiger charge is -2.22. The SMILES string of the molecule is CC(C)[C@@H](NS(=O)(=O)c1ccc2c(c1)OCCO2)C(=O)OCC(=O)NCC(F)(F)F. The van der Waals surface area contributed by atoms with E-state index in [0.29, 0.717) is 12.4 Å². The van der Waals surface area contributed by atoms with Crippen molar-refractivity contribution in [2.24, 2.45) is 5.92 Å². The molecule has 30 heavy (non-hydrogen) atoms. The Morgan fingerprint density at radius 3 is 2.40 bits per heavy atom. The fraction of sp³-hybridized carbons (Fsp3) is 0.529. The molecule has 1 heterocycles. The second-order valence-electron chi connectivity index (χ2n) is 6.65. The van der Waals surface area contributed by atoms with Crippen LogP contribution in [0.4, 0.5) is 13.2 Å². The first kappa shape index (κ1) is 23.7. The average molecular weight is 454 g/mol. The summed E-state index contributed by atoms with van der Waals surface area (Å²) >= 11 is 0. The molecule has 1 aromatic carbocycles. The van der Waals surface area contributed by atoms with Crippen molar-refractivity contribution in [2.45, 2.75) is 31.0 Å². The lowest BCUT2D eigenvalue weighted by Crippen LogP contribution is -2.46. The van der Waals surface area contributed by atoms with Gasteiger partial charge in [0.15, 0.2) is 18.1 Å². The molecule has 0 unspecified atom stereocenters. The third-order valence-corrected chi connectivity index (χ3v) is 5.30. The molecule has 0 saturated heterocycles. The number of benzene rings is 1. The van der Waals surface area contributed by atoms with Gasteiger partial charge in [-0.3, -0.25) is 9.59 Å². The van der Waals surface area contributed by atoms with E-state index in [1.165, 1.54) is 32.0 Å². The molecule has 13 heteroatoms. The van der Waals surface area contributed by atoms with Crippen molar-refractivity contribution < 1.29 is 45.4 Å². The number of rotatable bonds is 8. The van der Waals surface area contributed by atoms with Gasteiger partial charge in [-0.1, -0.05) is 13.8 Å². The molecular formula is C17H21F3N2O7S.